The van der Waals surface area contributed by atoms with Crippen LogP contribution in [-0.2, 0) is 9.47 Å². The fourth-order valence-electron chi connectivity index (χ4n) is 0.969. The van der Waals surface area contributed by atoms with E-state index in [4.69, 9.17) is 9.47 Å². The maximum atomic E-state index is 10.9. The normalized spacial score (nSPS) is 19.5. The highest BCUT2D eigenvalue weighted by Gasteiger charge is 2.34. The largest absolute Gasteiger partial charge is 0.449 e. The van der Waals surface area contributed by atoms with Gasteiger partial charge in [-0.15, -0.1) is 0 Å². The maximum absolute atomic E-state index is 10.9. The molecule has 1 heterocycles. The molecule has 0 aliphatic carbocycles. The van der Waals surface area contributed by atoms with Crippen LogP contribution in [0.3, 0.4) is 0 Å². The average Bonchev–Trinajstić information content (AvgIpc) is 1.98. The molecule has 1 rings (SSSR count). The van der Waals surface area contributed by atoms with Crippen LogP contribution in [0, 0.1) is 5.41 Å². The van der Waals surface area contributed by atoms with E-state index in [9.17, 15) is 4.79 Å². The Morgan fingerprint density at radius 2 is 2.33 bits per heavy atom. The van der Waals surface area contributed by atoms with Gasteiger partial charge in [0.15, 0.2) is 0 Å². The molecule has 0 aromatic heterocycles. The molecule has 0 aromatic rings. The Balaban J connectivity index is 2.12. The van der Waals surface area contributed by atoms with Gasteiger partial charge in [-0.05, 0) is 6.92 Å². The van der Waals surface area contributed by atoms with E-state index in [1.165, 1.54) is 0 Å². The van der Waals surface area contributed by atoms with Crippen LogP contribution < -0.4 is 5.32 Å². The minimum Gasteiger partial charge on any atom is -0.449 e. The number of carbonyl (C=O) groups is 1. The third-order valence-corrected chi connectivity index (χ3v) is 1.77. The second kappa shape index (κ2) is 3.76. The Hall–Kier alpha value is -0.770. The molecular formula is C8H15NO3. The molecule has 1 saturated heterocycles. The summed E-state index contributed by atoms with van der Waals surface area (Å²) in [7, 11) is 0. The zero-order valence-electron chi connectivity index (χ0n) is 7.55. The number of carbonyl (C=O) groups excluding carboxylic acids is 1. The van der Waals surface area contributed by atoms with Gasteiger partial charge in [0.05, 0.1) is 13.2 Å². The number of alkyl carbamates (subject to hydrolysis) is 1. The molecule has 0 atom stereocenters. The third kappa shape index (κ3) is 2.37. The minimum atomic E-state index is -0.342. The first-order chi connectivity index (χ1) is 5.66. The van der Waals surface area contributed by atoms with Crippen LogP contribution in [0.4, 0.5) is 4.79 Å². The van der Waals surface area contributed by atoms with E-state index in [0.717, 1.165) is 0 Å². The summed E-state index contributed by atoms with van der Waals surface area (Å²) in [5.74, 6) is 0. The van der Waals surface area contributed by atoms with Crippen LogP contribution in [0.25, 0.3) is 0 Å². The van der Waals surface area contributed by atoms with E-state index < -0.39 is 0 Å². The van der Waals surface area contributed by atoms with Crippen molar-refractivity contribution in [2.24, 2.45) is 5.41 Å². The Labute approximate surface area is 72.2 Å². The molecule has 1 aliphatic heterocycles. The van der Waals surface area contributed by atoms with Crippen LogP contribution in [0.5, 0.6) is 0 Å². The Kier molecular flexibility index (Phi) is 2.92. The van der Waals surface area contributed by atoms with E-state index in [0.29, 0.717) is 26.4 Å². The van der Waals surface area contributed by atoms with Gasteiger partial charge in [-0.25, -0.2) is 4.79 Å². The zero-order valence-corrected chi connectivity index (χ0v) is 7.55. The molecule has 1 N–H and O–H groups in total. The van der Waals surface area contributed by atoms with Crippen LogP contribution >= 0.6 is 0 Å². The molecule has 0 unspecified atom stereocenters. The fourth-order valence-corrected chi connectivity index (χ4v) is 0.969. The van der Waals surface area contributed by atoms with E-state index in [2.05, 4.69) is 5.32 Å². The van der Waals surface area contributed by atoms with E-state index in [1.54, 1.807) is 0 Å². The molecule has 1 fully saturated rings. The molecule has 4 heteroatoms. The molecular weight excluding hydrogens is 158 g/mol. The van der Waals surface area contributed by atoms with Crippen molar-refractivity contribution in [3.05, 3.63) is 0 Å². The minimum absolute atomic E-state index is 0.0467. The van der Waals surface area contributed by atoms with E-state index >= 15 is 0 Å². The summed E-state index contributed by atoms with van der Waals surface area (Å²) in [4.78, 5) is 10.9. The van der Waals surface area contributed by atoms with Crippen molar-refractivity contribution in [2.45, 2.75) is 13.8 Å². The van der Waals surface area contributed by atoms with Crippen molar-refractivity contribution in [2.75, 3.05) is 26.4 Å². The van der Waals surface area contributed by atoms with Gasteiger partial charge in [0.25, 0.3) is 0 Å². The number of amides is 1. The quantitative estimate of drug-likeness (QED) is 0.685. The third-order valence-electron chi connectivity index (χ3n) is 1.77. The topological polar surface area (TPSA) is 47.6 Å². The molecule has 4 nitrogen and oxygen atoms in total. The van der Waals surface area contributed by atoms with Crippen molar-refractivity contribution < 1.29 is 14.3 Å². The Bertz CT molecular complexity index is 166. The van der Waals surface area contributed by atoms with Gasteiger partial charge in [-0.3, -0.25) is 0 Å². The van der Waals surface area contributed by atoms with Crippen LogP contribution in [0.15, 0.2) is 0 Å². The number of rotatable bonds is 3. The predicted molar refractivity (Wildman–Crippen MR) is 44.0 cm³/mol. The van der Waals surface area contributed by atoms with Crippen LogP contribution in [0.1, 0.15) is 13.8 Å². The van der Waals surface area contributed by atoms with Crippen molar-refractivity contribution in [1.82, 2.24) is 5.32 Å². The van der Waals surface area contributed by atoms with Crippen LogP contribution in [0.2, 0.25) is 0 Å². The van der Waals surface area contributed by atoms with Crippen molar-refractivity contribution >= 4 is 6.09 Å². The smallest absolute Gasteiger partial charge is 0.407 e. The van der Waals surface area contributed by atoms with Gasteiger partial charge in [0.1, 0.15) is 6.61 Å². The zero-order chi connectivity index (χ0) is 9.03. The molecule has 0 aromatic carbocycles. The molecule has 0 bridgehead atoms. The first-order valence-corrected chi connectivity index (χ1v) is 4.15. The van der Waals surface area contributed by atoms with Crippen molar-refractivity contribution in [3.8, 4) is 0 Å². The number of nitrogens with one attached hydrogen (secondary N) is 1. The first-order valence-electron chi connectivity index (χ1n) is 4.15. The highest BCUT2D eigenvalue weighted by Crippen LogP contribution is 2.26. The Morgan fingerprint density at radius 3 is 2.75 bits per heavy atom. The predicted octanol–water partition coefficient (Wildman–Crippen LogP) is 0.769. The standard InChI is InChI=1S/C8H15NO3/c1-3-9-7(10)12-6-8(2)4-11-5-8/h3-6H2,1-2H3,(H,9,10). The molecule has 70 valence electrons. The lowest BCUT2D eigenvalue weighted by Gasteiger charge is -2.37. The van der Waals surface area contributed by atoms with Gasteiger partial charge in [0.2, 0.25) is 0 Å². The molecule has 1 amide bonds. The summed E-state index contributed by atoms with van der Waals surface area (Å²) in [5.41, 5.74) is 0.0467. The molecule has 1 aliphatic rings. The van der Waals surface area contributed by atoms with Crippen molar-refractivity contribution in [3.63, 3.8) is 0 Å². The molecule has 12 heavy (non-hydrogen) atoms. The summed E-state index contributed by atoms with van der Waals surface area (Å²) in [6.45, 7) is 6.31. The summed E-state index contributed by atoms with van der Waals surface area (Å²) >= 11 is 0. The molecule has 0 saturated carbocycles. The van der Waals surface area contributed by atoms with Gasteiger partial charge >= 0.3 is 6.09 Å². The van der Waals surface area contributed by atoms with E-state index in [1.807, 2.05) is 13.8 Å². The van der Waals surface area contributed by atoms with Crippen molar-refractivity contribution in [1.29, 1.82) is 0 Å². The highest BCUT2D eigenvalue weighted by molar-refractivity contribution is 5.67. The summed E-state index contributed by atoms with van der Waals surface area (Å²) < 4.78 is 9.98. The van der Waals surface area contributed by atoms with Gasteiger partial charge in [-0.1, -0.05) is 6.92 Å². The molecule has 0 radical (unpaired) electrons. The number of hydrogen-bond donors (Lipinski definition) is 1. The average molecular weight is 173 g/mol. The number of ether oxygens (including phenoxy) is 2. The van der Waals surface area contributed by atoms with E-state index in [-0.39, 0.29) is 11.5 Å². The highest BCUT2D eigenvalue weighted by atomic mass is 16.6. The second-order valence-corrected chi connectivity index (χ2v) is 3.41. The Morgan fingerprint density at radius 1 is 1.67 bits per heavy atom. The lowest BCUT2D eigenvalue weighted by atomic mass is 9.90. The summed E-state index contributed by atoms with van der Waals surface area (Å²) in [6, 6.07) is 0. The summed E-state index contributed by atoms with van der Waals surface area (Å²) in [5, 5.41) is 2.56. The first kappa shape index (κ1) is 9.32. The van der Waals surface area contributed by atoms with Gasteiger partial charge < -0.3 is 14.8 Å². The lowest BCUT2D eigenvalue weighted by Crippen LogP contribution is -2.44. The SMILES string of the molecule is CCNC(=O)OCC1(C)COC1. The summed E-state index contributed by atoms with van der Waals surface area (Å²) in [6.07, 6.45) is -0.342. The monoisotopic (exact) mass is 173 g/mol. The maximum Gasteiger partial charge on any atom is 0.407 e. The second-order valence-electron chi connectivity index (χ2n) is 3.41. The molecule has 0 spiro atoms. The van der Waals surface area contributed by atoms with Crippen LogP contribution in [-0.4, -0.2) is 32.5 Å². The number of hydrogen-bond acceptors (Lipinski definition) is 3. The van der Waals surface area contributed by atoms with Gasteiger partial charge in [-0.2, -0.15) is 0 Å². The van der Waals surface area contributed by atoms with Gasteiger partial charge in [0, 0.05) is 12.0 Å². The lowest BCUT2D eigenvalue weighted by molar-refractivity contribution is -0.125. The fraction of sp³-hybridized carbons (Fsp3) is 0.875.